The number of rotatable bonds is 3. The SMILES string of the molecule is CC.CCc1cc(Oc2ccc(O)cc2)cc(C(C)(C)C)c1. The van der Waals surface area contributed by atoms with Crippen molar-refractivity contribution in [1.29, 1.82) is 0 Å². The van der Waals surface area contributed by atoms with Crippen molar-refractivity contribution in [2.45, 2.75) is 53.4 Å². The van der Waals surface area contributed by atoms with Gasteiger partial charge in [0.15, 0.2) is 0 Å². The average molecular weight is 300 g/mol. The van der Waals surface area contributed by atoms with Crippen LogP contribution in [0.3, 0.4) is 0 Å². The molecule has 0 saturated heterocycles. The van der Waals surface area contributed by atoms with Gasteiger partial charge >= 0.3 is 0 Å². The van der Waals surface area contributed by atoms with Crippen LogP contribution < -0.4 is 4.74 Å². The van der Waals surface area contributed by atoms with E-state index < -0.39 is 0 Å². The Balaban J connectivity index is 0.00000116. The van der Waals surface area contributed by atoms with Crippen LogP contribution in [0.2, 0.25) is 0 Å². The second-order valence-corrected chi connectivity index (χ2v) is 6.07. The molecule has 0 aliphatic rings. The van der Waals surface area contributed by atoms with Crippen molar-refractivity contribution in [3.63, 3.8) is 0 Å². The normalized spacial score (nSPS) is 10.6. The molecule has 0 heterocycles. The van der Waals surface area contributed by atoms with Gasteiger partial charge < -0.3 is 9.84 Å². The molecule has 0 bridgehead atoms. The summed E-state index contributed by atoms with van der Waals surface area (Å²) in [6.45, 7) is 12.7. The Labute approximate surface area is 134 Å². The molecular formula is C20H28O2. The van der Waals surface area contributed by atoms with Crippen LogP contribution in [0.1, 0.15) is 52.7 Å². The number of hydrogen-bond acceptors (Lipinski definition) is 2. The molecule has 2 aromatic rings. The van der Waals surface area contributed by atoms with Crippen molar-refractivity contribution in [2.75, 3.05) is 0 Å². The smallest absolute Gasteiger partial charge is 0.127 e. The van der Waals surface area contributed by atoms with Crippen LogP contribution in [0.5, 0.6) is 17.2 Å². The molecule has 0 fully saturated rings. The van der Waals surface area contributed by atoms with Gasteiger partial charge in [-0.15, -0.1) is 0 Å². The minimum atomic E-state index is 0.0955. The summed E-state index contributed by atoms with van der Waals surface area (Å²) >= 11 is 0. The van der Waals surface area contributed by atoms with E-state index in [-0.39, 0.29) is 11.2 Å². The zero-order valence-electron chi connectivity index (χ0n) is 14.6. The predicted molar refractivity (Wildman–Crippen MR) is 94.0 cm³/mol. The highest BCUT2D eigenvalue weighted by molar-refractivity contribution is 5.41. The molecule has 2 aromatic carbocycles. The van der Waals surface area contributed by atoms with E-state index in [1.54, 1.807) is 24.3 Å². The Morgan fingerprint density at radius 2 is 1.50 bits per heavy atom. The largest absolute Gasteiger partial charge is 0.508 e. The van der Waals surface area contributed by atoms with Crippen molar-refractivity contribution < 1.29 is 9.84 Å². The van der Waals surface area contributed by atoms with E-state index in [1.165, 1.54) is 11.1 Å². The monoisotopic (exact) mass is 300 g/mol. The number of benzene rings is 2. The Bertz CT molecular complexity index is 578. The van der Waals surface area contributed by atoms with E-state index in [1.807, 2.05) is 13.8 Å². The lowest BCUT2D eigenvalue weighted by molar-refractivity contribution is 0.462. The number of phenols is 1. The van der Waals surface area contributed by atoms with Crippen LogP contribution in [-0.4, -0.2) is 5.11 Å². The van der Waals surface area contributed by atoms with Crippen LogP contribution in [-0.2, 0) is 11.8 Å². The number of aromatic hydroxyl groups is 1. The number of ether oxygens (including phenoxy) is 1. The molecule has 0 amide bonds. The summed E-state index contributed by atoms with van der Waals surface area (Å²) in [6, 6.07) is 13.2. The highest BCUT2D eigenvalue weighted by Crippen LogP contribution is 2.30. The first kappa shape index (κ1) is 18.1. The van der Waals surface area contributed by atoms with Gasteiger partial charge in [0, 0.05) is 0 Å². The molecule has 0 aliphatic heterocycles. The fraction of sp³-hybridized carbons (Fsp3) is 0.400. The highest BCUT2D eigenvalue weighted by Gasteiger charge is 2.15. The molecule has 0 aliphatic carbocycles. The van der Waals surface area contributed by atoms with Crippen molar-refractivity contribution in [1.82, 2.24) is 0 Å². The van der Waals surface area contributed by atoms with E-state index in [0.717, 1.165) is 17.9 Å². The fourth-order valence-electron chi connectivity index (χ4n) is 2.01. The lowest BCUT2D eigenvalue weighted by Gasteiger charge is -2.21. The molecule has 0 unspecified atom stereocenters. The Kier molecular flexibility index (Phi) is 6.48. The predicted octanol–water partition coefficient (Wildman–Crippen LogP) is 6.07. The second-order valence-electron chi connectivity index (χ2n) is 6.07. The van der Waals surface area contributed by atoms with Gasteiger partial charge in [-0.1, -0.05) is 47.6 Å². The van der Waals surface area contributed by atoms with Gasteiger partial charge in [0.1, 0.15) is 17.2 Å². The van der Waals surface area contributed by atoms with Crippen LogP contribution >= 0.6 is 0 Å². The van der Waals surface area contributed by atoms with Gasteiger partial charge in [-0.3, -0.25) is 0 Å². The first-order chi connectivity index (χ1) is 10.4. The quantitative estimate of drug-likeness (QED) is 0.745. The first-order valence-corrected chi connectivity index (χ1v) is 8.00. The van der Waals surface area contributed by atoms with E-state index in [4.69, 9.17) is 4.74 Å². The minimum Gasteiger partial charge on any atom is -0.508 e. The summed E-state index contributed by atoms with van der Waals surface area (Å²) < 4.78 is 5.90. The fourth-order valence-corrected chi connectivity index (χ4v) is 2.01. The maximum absolute atomic E-state index is 9.30. The molecule has 0 saturated carbocycles. The summed E-state index contributed by atoms with van der Waals surface area (Å²) in [5, 5.41) is 9.30. The van der Waals surface area contributed by atoms with Crippen LogP contribution in [0.15, 0.2) is 42.5 Å². The van der Waals surface area contributed by atoms with Crippen LogP contribution in [0.4, 0.5) is 0 Å². The topological polar surface area (TPSA) is 29.5 Å². The Hall–Kier alpha value is -1.96. The summed E-state index contributed by atoms with van der Waals surface area (Å²) in [6.07, 6.45) is 0.982. The van der Waals surface area contributed by atoms with Gasteiger partial charge in [0.25, 0.3) is 0 Å². The van der Waals surface area contributed by atoms with Gasteiger partial charge in [-0.2, -0.15) is 0 Å². The van der Waals surface area contributed by atoms with Gasteiger partial charge in [0.2, 0.25) is 0 Å². The summed E-state index contributed by atoms with van der Waals surface area (Å²) in [5.41, 5.74) is 2.63. The summed E-state index contributed by atoms with van der Waals surface area (Å²) in [4.78, 5) is 0. The van der Waals surface area contributed by atoms with E-state index in [0.29, 0.717) is 0 Å². The van der Waals surface area contributed by atoms with Gasteiger partial charge in [-0.25, -0.2) is 0 Å². The lowest BCUT2D eigenvalue weighted by Crippen LogP contribution is -2.11. The molecule has 2 rings (SSSR count). The third-order valence-corrected chi connectivity index (χ3v) is 3.31. The third kappa shape index (κ3) is 5.10. The summed E-state index contributed by atoms with van der Waals surface area (Å²) in [5.74, 6) is 1.82. The number of phenolic OH excluding ortho intramolecular Hbond substituents is 1. The molecule has 2 heteroatoms. The minimum absolute atomic E-state index is 0.0955. The molecule has 22 heavy (non-hydrogen) atoms. The summed E-state index contributed by atoms with van der Waals surface area (Å²) in [7, 11) is 0. The molecule has 120 valence electrons. The molecule has 0 spiro atoms. The molecule has 1 N–H and O–H groups in total. The van der Waals surface area contributed by atoms with E-state index in [9.17, 15) is 5.11 Å². The number of hydrogen-bond donors (Lipinski definition) is 1. The van der Waals surface area contributed by atoms with Gasteiger partial charge in [-0.05, 0) is 59.4 Å². The van der Waals surface area contributed by atoms with Crippen LogP contribution in [0.25, 0.3) is 0 Å². The van der Waals surface area contributed by atoms with Gasteiger partial charge in [0.05, 0.1) is 0 Å². The second kappa shape index (κ2) is 7.88. The maximum Gasteiger partial charge on any atom is 0.127 e. The van der Waals surface area contributed by atoms with Crippen molar-refractivity contribution in [3.8, 4) is 17.2 Å². The number of aryl methyl sites for hydroxylation is 1. The van der Waals surface area contributed by atoms with Crippen molar-refractivity contribution >= 4 is 0 Å². The highest BCUT2D eigenvalue weighted by atomic mass is 16.5. The molecule has 0 atom stereocenters. The molecule has 0 aromatic heterocycles. The van der Waals surface area contributed by atoms with Crippen LogP contribution in [0, 0.1) is 0 Å². The Morgan fingerprint density at radius 3 is 2.00 bits per heavy atom. The Morgan fingerprint density at radius 1 is 0.909 bits per heavy atom. The third-order valence-electron chi connectivity index (χ3n) is 3.31. The zero-order chi connectivity index (χ0) is 16.8. The standard InChI is InChI=1S/C18H22O2.C2H6/c1-5-13-10-14(18(2,3)4)12-17(11-13)20-16-8-6-15(19)7-9-16;1-2/h6-12,19H,5H2,1-4H3;1-2H3. The van der Waals surface area contributed by atoms with E-state index >= 15 is 0 Å². The van der Waals surface area contributed by atoms with Crippen molar-refractivity contribution in [2.24, 2.45) is 0 Å². The van der Waals surface area contributed by atoms with E-state index in [2.05, 4.69) is 45.9 Å². The average Bonchev–Trinajstić information content (AvgIpc) is 2.50. The molecule has 2 nitrogen and oxygen atoms in total. The maximum atomic E-state index is 9.30. The molecular weight excluding hydrogens is 272 g/mol. The zero-order valence-corrected chi connectivity index (χ0v) is 14.6. The molecule has 0 radical (unpaired) electrons. The first-order valence-electron chi connectivity index (χ1n) is 8.00. The lowest BCUT2D eigenvalue weighted by atomic mass is 9.86. The van der Waals surface area contributed by atoms with Crippen molar-refractivity contribution in [3.05, 3.63) is 53.6 Å².